The van der Waals surface area contributed by atoms with Crippen LogP contribution in [0.15, 0.2) is 56.3 Å². The maximum absolute atomic E-state index is 13.1. The van der Waals surface area contributed by atoms with E-state index in [0.717, 1.165) is 16.1 Å². The standard InChI is InChI=1S/C16H13Cl2N3O4S2/c17-10-1-3-12(18)14(7-10)26-13-4-2-11(20-23)8-15(13)27(24,25)21-6-5-19-16(22)9-21/h1-4,7-8H,5-6,9H2,(H,19,22). The Hall–Kier alpha value is -1.65. The normalized spacial score (nSPS) is 15.4. The van der Waals surface area contributed by atoms with Gasteiger partial charge in [-0.05, 0) is 41.6 Å². The summed E-state index contributed by atoms with van der Waals surface area (Å²) in [5.41, 5.74) is -0.0309. The molecular weight excluding hydrogens is 433 g/mol. The zero-order valence-electron chi connectivity index (χ0n) is 13.7. The van der Waals surface area contributed by atoms with Gasteiger partial charge in [-0.1, -0.05) is 35.0 Å². The molecule has 1 saturated heterocycles. The van der Waals surface area contributed by atoms with E-state index in [0.29, 0.717) is 19.8 Å². The van der Waals surface area contributed by atoms with Crippen LogP contribution in [0, 0.1) is 4.91 Å². The van der Waals surface area contributed by atoms with Crippen molar-refractivity contribution < 1.29 is 13.2 Å². The fourth-order valence-electron chi connectivity index (χ4n) is 2.47. The molecule has 1 heterocycles. The van der Waals surface area contributed by atoms with E-state index in [4.69, 9.17) is 23.2 Å². The van der Waals surface area contributed by atoms with Gasteiger partial charge in [0.25, 0.3) is 0 Å². The van der Waals surface area contributed by atoms with Crippen LogP contribution >= 0.6 is 35.0 Å². The van der Waals surface area contributed by atoms with E-state index >= 15 is 0 Å². The van der Waals surface area contributed by atoms with Crippen LogP contribution in [0.25, 0.3) is 0 Å². The van der Waals surface area contributed by atoms with Gasteiger partial charge >= 0.3 is 0 Å². The summed E-state index contributed by atoms with van der Waals surface area (Å²) in [4.78, 5) is 23.3. The highest BCUT2D eigenvalue weighted by Crippen LogP contribution is 2.40. The number of hydrogen-bond acceptors (Lipinski definition) is 6. The molecule has 2 aromatic carbocycles. The molecule has 0 radical (unpaired) electrons. The Morgan fingerprint density at radius 1 is 1.11 bits per heavy atom. The van der Waals surface area contributed by atoms with E-state index in [9.17, 15) is 18.1 Å². The molecule has 0 bridgehead atoms. The van der Waals surface area contributed by atoms with Gasteiger partial charge in [-0.2, -0.15) is 4.31 Å². The highest BCUT2D eigenvalue weighted by molar-refractivity contribution is 8.00. The first kappa shape index (κ1) is 20.1. The minimum atomic E-state index is -4.02. The fourth-order valence-corrected chi connectivity index (χ4v) is 5.76. The van der Waals surface area contributed by atoms with Crippen LogP contribution in [0.4, 0.5) is 5.69 Å². The van der Waals surface area contributed by atoms with Crippen molar-refractivity contribution in [2.45, 2.75) is 14.7 Å². The Morgan fingerprint density at radius 2 is 1.89 bits per heavy atom. The molecule has 27 heavy (non-hydrogen) atoms. The summed E-state index contributed by atoms with van der Waals surface area (Å²) >= 11 is 13.3. The van der Waals surface area contributed by atoms with E-state index in [1.165, 1.54) is 18.2 Å². The van der Waals surface area contributed by atoms with Crippen LogP contribution in [0.1, 0.15) is 0 Å². The third-order valence-corrected chi connectivity index (χ3v) is 7.59. The monoisotopic (exact) mass is 445 g/mol. The number of nitrogens with zero attached hydrogens (tertiary/aromatic N) is 2. The van der Waals surface area contributed by atoms with Crippen molar-refractivity contribution >= 4 is 56.6 Å². The molecule has 0 aromatic heterocycles. The van der Waals surface area contributed by atoms with Crippen molar-refractivity contribution in [1.82, 2.24) is 9.62 Å². The molecule has 1 aliphatic heterocycles. The van der Waals surface area contributed by atoms with Crippen LogP contribution in [-0.4, -0.2) is 38.3 Å². The summed E-state index contributed by atoms with van der Waals surface area (Å²) in [5, 5.41) is 6.25. The Balaban J connectivity index is 2.06. The number of benzene rings is 2. The summed E-state index contributed by atoms with van der Waals surface area (Å²) in [5.74, 6) is -0.387. The molecule has 1 aliphatic rings. The first-order valence-corrected chi connectivity index (χ1v) is 10.7. The Labute approximate surface area is 170 Å². The van der Waals surface area contributed by atoms with Crippen molar-refractivity contribution in [1.29, 1.82) is 0 Å². The second-order valence-electron chi connectivity index (χ2n) is 5.59. The second-order valence-corrected chi connectivity index (χ2v) is 9.42. The lowest BCUT2D eigenvalue weighted by molar-refractivity contribution is -0.122. The van der Waals surface area contributed by atoms with Crippen LogP contribution < -0.4 is 5.32 Å². The first-order chi connectivity index (χ1) is 12.8. The lowest BCUT2D eigenvalue weighted by atomic mass is 10.3. The minimum Gasteiger partial charge on any atom is -0.354 e. The van der Waals surface area contributed by atoms with Crippen molar-refractivity contribution in [2.75, 3.05) is 19.6 Å². The number of carbonyl (C=O) groups is 1. The predicted octanol–water partition coefficient (Wildman–Crippen LogP) is 3.66. The number of halogens is 2. The molecule has 0 saturated carbocycles. The quantitative estimate of drug-likeness (QED) is 0.708. The lowest BCUT2D eigenvalue weighted by Gasteiger charge is -2.26. The van der Waals surface area contributed by atoms with Crippen LogP contribution in [0.2, 0.25) is 10.0 Å². The number of hydrogen-bond donors (Lipinski definition) is 1. The van der Waals surface area contributed by atoms with Gasteiger partial charge in [0.1, 0.15) is 5.69 Å². The average molecular weight is 446 g/mol. The molecule has 2 aromatic rings. The molecule has 11 heteroatoms. The topological polar surface area (TPSA) is 95.9 Å². The minimum absolute atomic E-state index is 0.0309. The SMILES string of the molecule is O=Nc1ccc(Sc2cc(Cl)ccc2Cl)c(S(=O)(=O)N2CCNC(=O)C2)c1. The summed E-state index contributed by atoms with van der Waals surface area (Å²) in [7, 11) is -4.02. The molecule has 0 aliphatic carbocycles. The van der Waals surface area contributed by atoms with Gasteiger partial charge in [-0.15, -0.1) is 4.91 Å². The van der Waals surface area contributed by atoms with Crippen molar-refractivity contribution in [3.8, 4) is 0 Å². The fraction of sp³-hybridized carbons (Fsp3) is 0.188. The highest BCUT2D eigenvalue weighted by Gasteiger charge is 2.31. The van der Waals surface area contributed by atoms with Gasteiger partial charge in [-0.25, -0.2) is 8.42 Å². The summed E-state index contributed by atoms with van der Waals surface area (Å²) in [6.07, 6.45) is 0. The number of piperazine rings is 1. The maximum atomic E-state index is 13.1. The molecular formula is C16H13Cl2N3O4S2. The molecule has 0 atom stereocenters. The van der Waals surface area contributed by atoms with Gasteiger partial charge in [0.05, 0.1) is 16.5 Å². The number of rotatable bonds is 5. The molecule has 142 valence electrons. The van der Waals surface area contributed by atoms with Crippen molar-refractivity contribution in [3.63, 3.8) is 0 Å². The first-order valence-electron chi connectivity index (χ1n) is 7.68. The molecule has 1 amide bonds. The second kappa shape index (κ2) is 8.15. The van der Waals surface area contributed by atoms with E-state index in [2.05, 4.69) is 10.5 Å². The van der Waals surface area contributed by atoms with Crippen LogP contribution in [-0.2, 0) is 14.8 Å². The van der Waals surface area contributed by atoms with Crippen LogP contribution in [0.5, 0.6) is 0 Å². The Bertz CT molecular complexity index is 1010. The number of nitroso groups, excluding NO2 is 1. The molecule has 1 fully saturated rings. The van der Waals surface area contributed by atoms with Crippen molar-refractivity contribution in [2.24, 2.45) is 5.18 Å². The molecule has 3 rings (SSSR count). The molecule has 0 unspecified atom stereocenters. The lowest BCUT2D eigenvalue weighted by Crippen LogP contribution is -2.49. The number of sulfonamides is 1. The van der Waals surface area contributed by atoms with Crippen molar-refractivity contribution in [3.05, 3.63) is 51.4 Å². The summed E-state index contributed by atoms with van der Waals surface area (Å²) in [6, 6.07) is 8.93. The van der Waals surface area contributed by atoms with E-state index in [1.807, 2.05) is 0 Å². The van der Waals surface area contributed by atoms with Gasteiger partial charge in [0.2, 0.25) is 15.9 Å². The number of nitrogens with one attached hydrogen (secondary N) is 1. The molecule has 7 nitrogen and oxygen atoms in total. The zero-order chi connectivity index (χ0) is 19.6. The van der Waals surface area contributed by atoms with E-state index in [1.54, 1.807) is 18.2 Å². The van der Waals surface area contributed by atoms with E-state index in [-0.39, 0.29) is 36.1 Å². The third kappa shape index (κ3) is 4.44. The smallest absolute Gasteiger partial charge is 0.244 e. The largest absolute Gasteiger partial charge is 0.354 e. The highest BCUT2D eigenvalue weighted by atomic mass is 35.5. The predicted molar refractivity (Wildman–Crippen MR) is 104 cm³/mol. The number of amides is 1. The third-order valence-electron chi connectivity index (χ3n) is 3.77. The zero-order valence-corrected chi connectivity index (χ0v) is 16.8. The van der Waals surface area contributed by atoms with E-state index < -0.39 is 10.0 Å². The van der Waals surface area contributed by atoms with Gasteiger partial charge in [0.15, 0.2) is 0 Å². The summed E-state index contributed by atoms with van der Waals surface area (Å²) in [6.45, 7) is 0.0598. The Kier molecular flexibility index (Phi) is 6.07. The Morgan fingerprint density at radius 3 is 2.59 bits per heavy atom. The van der Waals surface area contributed by atoms with Gasteiger partial charge in [0, 0.05) is 27.9 Å². The molecule has 1 N–H and O–H groups in total. The molecule has 0 spiro atoms. The number of carbonyl (C=O) groups excluding carboxylic acids is 1. The van der Waals surface area contributed by atoms with Crippen LogP contribution in [0.3, 0.4) is 0 Å². The average Bonchev–Trinajstić information content (AvgIpc) is 2.65. The van der Waals surface area contributed by atoms with Gasteiger partial charge in [-0.3, -0.25) is 4.79 Å². The van der Waals surface area contributed by atoms with Gasteiger partial charge < -0.3 is 5.32 Å². The summed E-state index contributed by atoms with van der Waals surface area (Å²) < 4.78 is 27.3. The maximum Gasteiger partial charge on any atom is 0.244 e.